The first-order valence-corrected chi connectivity index (χ1v) is 11.3. The van der Waals surface area contributed by atoms with Crippen molar-refractivity contribution in [2.75, 3.05) is 40.0 Å². The molecule has 2 amide bonds. The molecule has 3 rings (SSSR count). The summed E-state index contributed by atoms with van der Waals surface area (Å²) < 4.78 is 10.6. The molecule has 8 heteroatoms. The number of carbonyl (C=O) groups excluding carboxylic acids is 2. The van der Waals surface area contributed by atoms with Crippen molar-refractivity contribution in [3.05, 3.63) is 65.7 Å². The zero-order valence-electron chi connectivity index (χ0n) is 19.0. The summed E-state index contributed by atoms with van der Waals surface area (Å²) in [6.07, 6.45) is 3.91. The van der Waals surface area contributed by atoms with Gasteiger partial charge in [-0.3, -0.25) is 14.5 Å². The molecule has 8 nitrogen and oxygen atoms in total. The number of benzene rings is 2. The summed E-state index contributed by atoms with van der Waals surface area (Å²) in [5.41, 5.74) is 4.20. The molecule has 2 aromatic rings. The lowest BCUT2D eigenvalue weighted by Gasteiger charge is -2.33. The van der Waals surface area contributed by atoms with Gasteiger partial charge in [-0.05, 0) is 61.2 Å². The summed E-state index contributed by atoms with van der Waals surface area (Å²) in [6, 6.07) is 16.3. The first-order valence-electron chi connectivity index (χ1n) is 11.3. The minimum absolute atomic E-state index is 0.0778. The van der Waals surface area contributed by atoms with Crippen LogP contribution in [0, 0.1) is 0 Å². The van der Waals surface area contributed by atoms with Gasteiger partial charge in [0, 0.05) is 25.2 Å². The van der Waals surface area contributed by atoms with E-state index in [4.69, 9.17) is 9.47 Å². The van der Waals surface area contributed by atoms with Crippen LogP contribution in [-0.4, -0.2) is 68.9 Å². The van der Waals surface area contributed by atoms with Gasteiger partial charge in [0.25, 0.3) is 11.8 Å². The molecule has 2 aromatic carbocycles. The van der Waals surface area contributed by atoms with Crippen molar-refractivity contribution in [1.82, 2.24) is 15.6 Å². The summed E-state index contributed by atoms with van der Waals surface area (Å²) in [5.74, 6) is 0.560. The van der Waals surface area contributed by atoms with Gasteiger partial charge in [0.2, 0.25) is 0 Å². The maximum absolute atomic E-state index is 12.9. The van der Waals surface area contributed by atoms with Crippen molar-refractivity contribution in [3.63, 3.8) is 0 Å². The van der Waals surface area contributed by atoms with Crippen molar-refractivity contribution in [3.8, 4) is 5.75 Å². The quantitative estimate of drug-likeness (QED) is 0.310. The van der Waals surface area contributed by atoms with Crippen LogP contribution in [0.15, 0.2) is 59.7 Å². The number of hydrogen-bond donors (Lipinski definition) is 2. The molecule has 1 aliphatic rings. The SMILES string of the molecule is COc1ccc(C=NNC(=O)C(CCCCNC(=O)c2ccccc2)N2CCOCC2)cc1. The number of amides is 2. The molecule has 1 heterocycles. The van der Waals surface area contributed by atoms with Crippen molar-refractivity contribution in [1.29, 1.82) is 0 Å². The first kappa shape index (κ1) is 24.4. The van der Waals surface area contributed by atoms with Gasteiger partial charge in [-0.15, -0.1) is 0 Å². The van der Waals surface area contributed by atoms with Gasteiger partial charge < -0.3 is 14.8 Å². The maximum Gasteiger partial charge on any atom is 0.257 e. The van der Waals surface area contributed by atoms with Gasteiger partial charge in [-0.2, -0.15) is 5.10 Å². The Labute approximate surface area is 195 Å². The Morgan fingerprint density at radius 2 is 1.82 bits per heavy atom. The number of hydrogen-bond acceptors (Lipinski definition) is 6. The van der Waals surface area contributed by atoms with Crippen LogP contribution in [0.5, 0.6) is 5.75 Å². The number of morpholine rings is 1. The highest BCUT2D eigenvalue weighted by Crippen LogP contribution is 2.12. The number of nitrogens with one attached hydrogen (secondary N) is 2. The molecule has 0 aromatic heterocycles. The second-order valence-electron chi connectivity index (χ2n) is 7.79. The van der Waals surface area contributed by atoms with Crippen molar-refractivity contribution in [2.45, 2.75) is 25.3 Å². The van der Waals surface area contributed by atoms with E-state index < -0.39 is 0 Å². The van der Waals surface area contributed by atoms with E-state index in [9.17, 15) is 9.59 Å². The molecule has 176 valence electrons. The molecule has 0 radical (unpaired) electrons. The molecular formula is C25H32N4O4. The highest BCUT2D eigenvalue weighted by Gasteiger charge is 2.26. The number of methoxy groups -OCH3 is 1. The highest BCUT2D eigenvalue weighted by molar-refractivity contribution is 5.94. The van der Waals surface area contributed by atoms with E-state index in [-0.39, 0.29) is 17.9 Å². The maximum atomic E-state index is 12.9. The molecule has 2 N–H and O–H groups in total. The van der Waals surface area contributed by atoms with Crippen LogP contribution in [0.25, 0.3) is 0 Å². The zero-order chi connectivity index (χ0) is 23.3. The Hall–Kier alpha value is -3.23. The Morgan fingerprint density at radius 3 is 2.52 bits per heavy atom. The van der Waals surface area contributed by atoms with E-state index in [1.54, 1.807) is 25.5 Å². The molecule has 1 aliphatic heterocycles. The van der Waals surface area contributed by atoms with Gasteiger partial charge in [0.1, 0.15) is 5.75 Å². The van der Waals surface area contributed by atoms with E-state index in [1.165, 1.54) is 0 Å². The van der Waals surface area contributed by atoms with Crippen LogP contribution in [0.3, 0.4) is 0 Å². The standard InChI is InChI=1S/C25H32N4O4/c1-32-22-12-10-20(11-13-22)19-27-28-25(31)23(29-15-17-33-18-16-29)9-5-6-14-26-24(30)21-7-3-2-4-8-21/h2-4,7-8,10-13,19,23H,5-6,9,14-18H2,1H3,(H,26,30)(H,28,31). The molecule has 33 heavy (non-hydrogen) atoms. The van der Waals surface area contributed by atoms with E-state index in [2.05, 4.69) is 20.7 Å². The minimum atomic E-state index is -0.285. The second-order valence-corrected chi connectivity index (χ2v) is 7.79. The number of nitrogens with zero attached hydrogens (tertiary/aromatic N) is 2. The van der Waals surface area contributed by atoms with Crippen molar-refractivity contribution >= 4 is 18.0 Å². The molecule has 0 spiro atoms. The Bertz CT molecular complexity index is 896. The molecular weight excluding hydrogens is 420 g/mol. The smallest absolute Gasteiger partial charge is 0.257 e. The predicted molar refractivity (Wildman–Crippen MR) is 128 cm³/mol. The number of hydrazone groups is 1. The predicted octanol–water partition coefficient (Wildman–Crippen LogP) is 2.45. The van der Waals surface area contributed by atoms with Gasteiger partial charge >= 0.3 is 0 Å². The number of unbranched alkanes of at least 4 members (excludes halogenated alkanes) is 1. The van der Waals surface area contributed by atoms with E-state index >= 15 is 0 Å². The molecule has 0 saturated carbocycles. The summed E-state index contributed by atoms with van der Waals surface area (Å²) in [4.78, 5) is 27.2. The van der Waals surface area contributed by atoms with Crippen molar-refractivity contribution < 1.29 is 19.1 Å². The third-order valence-electron chi connectivity index (χ3n) is 5.52. The lowest BCUT2D eigenvalue weighted by molar-refractivity contribution is -0.128. The number of rotatable bonds is 11. The summed E-state index contributed by atoms with van der Waals surface area (Å²) in [5, 5.41) is 7.07. The van der Waals surface area contributed by atoms with Crippen molar-refractivity contribution in [2.24, 2.45) is 5.10 Å². The lowest BCUT2D eigenvalue weighted by Crippen LogP contribution is -2.50. The van der Waals surface area contributed by atoms with Gasteiger partial charge in [-0.1, -0.05) is 18.2 Å². The van der Waals surface area contributed by atoms with Gasteiger partial charge in [0.05, 0.1) is 32.6 Å². The second kappa shape index (κ2) is 13.3. The normalized spacial score (nSPS) is 15.2. The Balaban J connectivity index is 1.47. The Morgan fingerprint density at radius 1 is 1.09 bits per heavy atom. The van der Waals surface area contributed by atoms with E-state index in [0.717, 1.165) is 24.2 Å². The van der Waals surface area contributed by atoms with E-state index in [0.29, 0.717) is 44.8 Å². The number of ether oxygens (including phenoxy) is 2. The Kier molecular flexibility index (Phi) is 9.87. The van der Waals surface area contributed by atoms with Crippen LogP contribution >= 0.6 is 0 Å². The third kappa shape index (κ3) is 8.00. The average Bonchev–Trinajstić information content (AvgIpc) is 2.87. The summed E-state index contributed by atoms with van der Waals surface area (Å²) in [7, 11) is 1.62. The molecule has 1 saturated heterocycles. The van der Waals surface area contributed by atoms with E-state index in [1.807, 2.05) is 42.5 Å². The molecule has 1 fully saturated rings. The monoisotopic (exact) mass is 452 g/mol. The molecule has 1 atom stereocenters. The molecule has 0 aliphatic carbocycles. The van der Waals surface area contributed by atoms with Gasteiger partial charge in [0.15, 0.2) is 0 Å². The minimum Gasteiger partial charge on any atom is -0.497 e. The van der Waals surface area contributed by atoms with Crippen LogP contribution in [0.4, 0.5) is 0 Å². The average molecular weight is 453 g/mol. The summed E-state index contributed by atoms with van der Waals surface area (Å²) >= 11 is 0. The summed E-state index contributed by atoms with van der Waals surface area (Å²) in [6.45, 7) is 3.23. The fourth-order valence-corrected chi connectivity index (χ4v) is 3.66. The number of carbonyl (C=O) groups is 2. The fraction of sp³-hybridized carbons (Fsp3) is 0.400. The van der Waals surface area contributed by atoms with Crippen LogP contribution in [0.2, 0.25) is 0 Å². The van der Waals surface area contributed by atoms with Crippen LogP contribution in [-0.2, 0) is 9.53 Å². The van der Waals surface area contributed by atoms with Crippen LogP contribution in [0.1, 0.15) is 35.2 Å². The highest BCUT2D eigenvalue weighted by atomic mass is 16.5. The largest absolute Gasteiger partial charge is 0.497 e. The topological polar surface area (TPSA) is 92.3 Å². The van der Waals surface area contributed by atoms with Crippen LogP contribution < -0.4 is 15.5 Å². The first-order chi connectivity index (χ1) is 16.2. The third-order valence-corrected chi connectivity index (χ3v) is 5.52. The lowest BCUT2D eigenvalue weighted by atomic mass is 10.1. The van der Waals surface area contributed by atoms with Gasteiger partial charge in [-0.25, -0.2) is 5.43 Å². The molecule has 1 unspecified atom stereocenters. The fourth-order valence-electron chi connectivity index (χ4n) is 3.66. The zero-order valence-corrected chi connectivity index (χ0v) is 19.0. The molecule has 0 bridgehead atoms.